The Morgan fingerprint density at radius 3 is 1.19 bits per heavy atom. The number of benzene rings is 9. The topological polar surface area (TPSA) is 369 Å². The molecule has 33 heteroatoms. The molecule has 28 nitrogen and oxygen atoms in total. The predicted molar refractivity (Wildman–Crippen MR) is 561 cm³/mol. The van der Waals surface area contributed by atoms with Crippen LogP contribution in [0.15, 0.2) is 286 Å². The molecule has 4 amide bonds. The molecule has 0 unspecified atom stereocenters. The van der Waals surface area contributed by atoms with Crippen molar-refractivity contribution in [3.63, 3.8) is 0 Å². The number of halogens is 1. The Morgan fingerprint density at radius 1 is 0.305 bits per heavy atom. The molecule has 0 atom stereocenters. The summed E-state index contributed by atoms with van der Waals surface area (Å²) < 4.78 is 106. The molecule has 0 spiro atoms. The Morgan fingerprint density at radius 2 is 0.702 bits per heavy atom. The number of carbonyl (C=O) groups is 4. The van der Waals surface area contributed by atoms with E-state index in [1.807, 2.05) is 161 Å². The van der Waals surface area contributed by atoms with Crippen LogP contribution in [0.2, 0.25) is 5.02 Å². The van der Waals surface area contributed by atoms with E-state index < -0.39 is 40.1 Å². The van der Waals surface area contributed by atoms with Gasteiger partial charge in [-0.25, -0.2) is 48.6 Å². The van der Waals surface area contributed by atoms with Crippen LogP contribution in [0.25, 0.3) is 88.8 Å². The predicted octanol–water partition coefficient (Wildman–Crippen LogP) is 21.4. The van der Waals surface area contributed by atoms with Crippen molar-refractivity contribution in [2.75, 3.05) is 87.7 Å². The van der Waals surface area contributed by atoms with Crippen molar-refractivity contribution in [3.05, 3.63) is 336 Å². The zero-order valence-electron chi connectivity index (χ0n) is 78.1. The lowest BCUT2D eigenvalue weighted by atomic mass is 10.0. The highest BCUT2D eigenvalue weighted by atomic mass is 35.5. The second-order valence-corrected chi connectivity index (χ2v) is 43.5. The average molecular weight is 1980 g/mol. The minimum Gasteiger partial charge on any atom is -0.322 e. The Kier molecular flexibility index (Phi) is 30.0. The third kappa shape index (κ3) is 23.2. The summed E-state index contributed by atoms with van der Waals surface area (Å²) in [4.78, 5) is 87.9. The van der Waals surface area contributed by atoms with Crippen LogP contribution in [0.3, 0.4) is 0 Å². The molecule has 0 saturated carbocycles. The summed E-state index contributed by atoms with van der Waals surface area (Å²) in [5.41, 5.74) is 19.6. The lowest BCUT2D eigenvalue weighted by Gasteiger charge is -2.23. The highest BCUT2D eigenvalue weighted by Gasteiger charge is 2.31. The third-order valence-corrected chi connectivity index (χ3v) is 33.0. The molecule has 0 bridgehead atoms. The van der Waals surface area contributed by atoms with E-state index in [9.17, 15) is 52.8 Å². The highest BCUT2D eigenvalue weighted by Crippen LogP contribution is 2.38. The summed E-state index contributed by atoms with van der Waals surface area (Å²) in [6.45, 7) is 9.67. The van der Waals surface area contributed by atoms with E-state index in [0.29, 0.717) is 147 Å². The Hall–Kier alpha value is -14.8. The molecule has 4 saturated heterocycles. The Balaban J connectivity index is 0.000000130. The minimum absolute atomic E-state index is 0.148. The van der Waals surface area contributed by atoms with Gasteiger partial charge >= 0.3 is 0 Å². The number of amides is 4. The second kappa shape index (κ2) is 43.3. The van der Waals surface area contributed by atoms with Gasteiger partial charge in [-0.2, -0.15) is 0 Å². The molecule has 16 aromatic rings. The van der Waals surface area contributed by atoms with E-state index in [4.69, 9.17) is 16.6 Å². The zero-order valence-corrected chi connectivity index (χ0v) is 82.1. The summed E-state index contributed by atoms with van der Waals surface area (Å²) >= 11 is 6.51. The van der Waals surface area contributed by atoms with Gasteiger partial charge in [0.1, 0.15) is 0 Å². The largest absolute Gasteiger partial charge is 0.322 e. The van der Waals surface area contributed by atoms with Crippen LogP contribution in [0.5, 0.6) is 0 Å². The maximum Gasteiger partial charge on any atom is 0.255 e. The van der Waals surface area contributed by atoms with Gasteiger partial charge in [0.25, 0.3) is 23.6 Å². The lowest BCUT2D eigenvalue weighted by molar-refractivity contribution is 0.101. The fourth-order valence-electron chi connectivity index (χ4n) is 17.5. The van der Waals surface area contributed by atoms with Gasteiger partial charge in [0.2, 0.25) is 40.1 Å². The van der Waals surface area contributed by atoms with Crippen LogP contribution >= 0.6 is 11.6 Å². The van der Waals surface area contributed by atoms with E-state index in [1.54, 1.807) is 153 Å². The van der Waals surface area contributed by atoms with E-state index >= 15 is 0 Å². The Bertz CT molecular complexity index is 7680. The number of nitrogens with one attached hydrogen (secondary N) is 4. The fourth-order valence-corrected chi connectivity index (χ4v) is 24.3. The number of para-hydroxylation sites is 1. The van der Waals surface area contributed by atoms with Crippen molar-refractivity contribution in [2.45, 2.75) is 105 Å². The molecular formula is C108H103ClN16O12S4. The van der Waals surface area contributed by atoms with Crippen LogP contribution in [0, 0.1) is 27.7 Å². The monoisotopic (exact) mass is 1980 g/mol. The number of nitrogens with zero attached hydrogens (tertiary/aromatic N) is 12. The van der Waals surface area contributed by atoms with Crippen molar-refractivity contribution in [2.24, 2.45) is 0 Å². The number of fused-ring (bicyclic) bond motifs is 4. The molecule has 718 valence electrons. The molecule has 4 N–H and O–H groups in total. The van der Waals surface area contributed by atoms with Crippen molar-refractivity contribution in [3.8, 4) is 45.2 Å². The SMILES string of the molecule is Cc1cc(N2CCCCCS2(=O)=O)ccc1C(=O)Nc1ccc(Cl)c(-c2nccc3ncccc23)c1.Cc1ccc(NC(=O)c2ccc(N3CCCCCS3(=O)=O)cc2)cc1-c1ccc2cnccc2n1.Cc1ccc(NC(=O)c2ccc(N3CCCCCS3(=O)=O)cc2)cc1-c1ncc2ccccc2n1.Cc1ccc(NC(=O)c2ccc(N3CCCCCS3(=O)=O)cc2)cc1-c1nccc2ncccc12. The van der Waals surface area contributed by atoms with Gasteiger partial charge in [-0.3, -0.25) is 61.3 Å². The number of anilines is 8. The van der Waals surface area contributed by atoms with Crippen molar-refractivity contribution in [1.82, 2.24) is 39.9 Å². The van der Waals surface area contributed by atoms with Gasteiger partial charge in [-0.15, -0.1) is 0 Å². The average Bonchev–Trinajstić information content (AvgIpc) is 1.44. The first kappa shape index (κ1) is 97.8. The minimum atomic E-state index is -3.35. The number of aryl methyl sites for hydroxylation is 4. The molecule has 11 heterocycles. The summed E-state index contributed by atoms with van der Waals surface area (Å²) in [7, 11) is -13.3. The van der Waals surface area contributed by atoms with Crippen LogP contribution in [-0.2, 0) is 40.1 Å². The normalized spacial score (nSPS) is 15.5. The lowest BCUT2D eigenvalue weighted by Crippen LogP contribution is -2.32. The quantitative estimate of drug-likeness (QED) is 0.0698. The maximum atomic E-state index is 13.1. The van der Waals surface area contributed by atoms with Crippen molar-refractivity contribution < 1.29 is 52.8 Å². The number of aromatic nitrogens is 8. The van der Waals surface area contributed by atoms with Gasteiger partial charge < -0.3 is 21.3 Å². The van der Waals surface area contributed by atoms with E-state index in [1.165, 1.54) is 17.2 Å². The molecule has 4 fully saturated rings. The van der Waals surface area contributed by atoms with Gasteiger partial charge in [-0.1, -0.05) is 73.7 Å². The molecule has 20 rings (SSSR count). The standard InChI is InChI=1S/C27H25ClN4O3S.3C27H26N4O3S/c1-18-16-20(32-14-3-2-4-15-36(32,34)35)8-9-21(18)27(33)31-19-7-10-24(28)23(17-19)26-22-6-5-12-29-25(22)11-13-30-26;1-19-9-12-22(17-24(19)26-28-18-21-7-3-4-8-25(21)30-26)29-27(32)20-10-13-23(14-11-20)31-15-5-2-6-16-35(31,33)34;1-19-5-9-22(17-24(19)26-12-8-21-18-28-14-13-25(21)30-26)29-27(32)20-6-10-23(11-7-20)31-15-3-2-4-16-35(31,33)34;1-19-7-10-21(18-24(19)26-23-6-5-14-28-25(23)13-15-29-26)30-27(32)20-8-11-22(12-9-20)31-16-3-2-4-17-35(31,33)34/h5-13,16-17H,2-4,14-15H2,1H3,(H,31,33);3-4,7-14,17-18H,2,5-6,15-16H2,1H3,(H,29,32);5-14,17-18H,2-4,15-16H2,1H3,(H,29,32);5-15,18H,2-4,16-17H2,1H3,(H,30,32). The number of pyridine rings is 6. The molecule has 7 aromatic heterocycles. The summed E-state index contributed by atoms with van der Waals surface area (Å²) in [5, 5.41) is 16.0. The number of hydrogen-bond donors (Lipinski definition) is 4. The molecule has 0 aliphatic carbocycles. The van der Waals surface area contributed by atoms with E-state index in [2.05, 4.69) is 56.2 Å². The number of carbonyl (C=O) groups excluding carboxylic acids is 4. The summed E-state index contributed by atoms with van der Waals surface area (Å²) in [5.74, 6) is 0.130. The van der Waals surface area contributed by atoms with Crippen molar-refractivity contribution >= 4 is 164 Å². The van der Waals surface area contributed by atoms with Crippen LogP contribution in [-0.4, -0.2) is 146 Å². The first-order valence-corrected chi connectivity index (χ1v) is 53.5. The van der Waals surface area contributed by atoms with E-state index in [0.717, 1.165) is 140 Å². The summed E-state index contributed by atoms with van der Waals surface area (Å²) in [6, 6.07) is 72.6. The first-order valence-electron chi connectivity index (χ1n) is 46.7. The molecule has 0 radical (unpaired) electrons. The molecule has 141 heavy (non-hydrogen) atoms. The van der Waals surface area contributed by atoms with Gasteiger partial charge in [0.05, 0.1) is 89.9 Å². The van der Waals surface area contributed by atoms with Gasteiger partial charge in [-0.05, 0) is 308 Å². The van der Waals surface area contributed by atoms with Gasteiger partial charge in [0, 0.05) is 158 Å². The van der Waals surface area contributed by atoms with Crippen LogP contribution in [0.1, 0.15) is 141 Å². The molecule has 9 aromatic carbocycles. The highest BCUT2D eigenvalue weighted by molar-refractivity contribution is 7.93. The number of hydrogen-bond acceptors (Lipinski definition) is 20. The molecular weight excluding hydrogens is 1880 g/mol. The third-order valence-electron chi connectivity index (χ3n) is 25.2. The van der Waals surface area contributed by atoms with E-state index in [-0.39, 0.29) is 46.6 Å². The van der Waals surface area contributed by atoms with Gasteiger partial charge in [0.15, 0.2) is 5.82 Å². The fraction of sp³-hybridized carbons (Fsp3) is 0.222. The van der Waals surface area contributed by atoms with Crippen molar-refractivity contribution in [1.29, 1.82) is 0 Å². The molecule has 4 aliphatic heterocycles. The maximum absolute atomic E-state index is 13.1. The Labute approximate surface area is 824 Å². The second-order valence-electron chi connectivity index (χ2n) is 35.0. The number of sulfonamides is 4. The summed E-state index contributed by atoms with van der Waals surface area (Å²) in [6.07, 6.45) is 21.8. The smallest absolute Gasteiger partial charge is 0.255 e. The van der Waals surface area contributed by atoms with Crippen LogP contribution in [0.4, 0.5) is 45.5 Å². The molecule has 4 aliphatic rings. The zero-order chi connectivity index (χ0) is 98.5. The van der Waals surface area contributed by atoms with Crippen LogP contribution < -0.4 is 38.5 Å². The number of rotatable bonds is 16. The first-order chi connectivity index (χ1) is 68.1.